The Morgan fingerprint density at radius 3 is 2.72 bits per heavy atom. The van der Waals surface area contributed by atoms with Gasteiger partial charge in [0.2, 0.25) is 0 Å². The van der Waals surface area contributed by atoms with Crippen LogP contribution in [-0.2, 0) is 6.42 Å². The minimum atomic E-state index is 0.166. The van der Waals surface area contributed by atoms with Gasteiger partial charge in [0.25, 0.3) is 0 Å². The number of methoxy groups -OCH3 is 1. The minimum absolute atomic E-state index is 0.166. The van der Waals surface area contributed by atoms with Crippen molar-refractivity contribution >= 4 is 0 Å². The van der Waals surface area contributed by atoms with E-state index in [0.29, 0.717) is 6.04 Å². The molecule has 0 spiro atoms. The Labute approximate surface area is 111 Å². The molecule has 2 atom stereocenters. The quantitative estimate of drug-likeness (QED) is 0.746. The summed E-state index contributed by atoms with van der Waals surface area (Å²) in [4.78, 5) is 0. The third-order valence-corrected chi connectivity index (χ3v) is 2.98. The van der Waals surface area contributed by atoms with Crippen LogP contribution < -0.4 is 10.1 Å². The molecule has 1 aromatic carbocycles. The Morgan fingerprint density at radius 1 is 1.39 bits per heavy atom. The lowest BCUT2D eigenvalue weighted by Gasteiger charge is -2.20. The van der Waals surface area contributed by atoms with E-state index in [1.807, 2.05) is 18.2 Å². The molecule has 2 nitrogen and oxygen atoms in total. The molecule has 0 saturated heterocycles. The van der Waals surface area contributed by atoms with E-state index in [4.69, 9.17) is 11.2 Å². The summed E-state index contributed by atoms with van der Waals surface area (Å²) in [6.45, 7) is 4.31. The molecule has 1 aromatic rings. The highest BCUT2D eigenvalue weighted by Gasteiger charge is 2.11. The Kier molecular flexibility index (Phi) is 6.32. The van der Waals surface area contributed by atoms with Crippen molar-refractivity contribution in [3.8, 4) is 18.1 Å². The molecule has 1 N–H and O–H groups in total. The standard InChI is InChI=1S/C16H23NO/c1-5-9-15(6-2)17-13(3)12-14-10-7-8-11-16(14)18-4/h2,7-8,10-11,13,15,17H,5,9,12H2,1,3-4H3. The van der Waals surface area contributed by atoms with Crippen LogP contribution in [0.1, 0.15) is 32.3 Å². The van der Waals surface area contributed by atoms with Gasteiger partial charge < -0.3 is 10.1 Å². The fourth-order valence-electron chi connectivity index (χ4n) is 2.11. The summed E-state index contributed by atoms with van der Waals surface area (Å²) < 4.78 is 5.36. The van der Waals surface area contributed by atoms with Gasteiger partial charge in [0.15, 0.2) is 0 Å². The summed E-state index contributed by atoms with van der Waals surface area (Å²) in [6, 6.07) is 8.62. The normalized spacial score (nSPS) is 13.7. The summed E-state index contributed by atoms with van der Waals surface area (Å²) in [5, 5.41) is 3.48. The summed E-state index contributed by atoms with van der Waals surface area (Å²) in [5.74, 6) is 3.75. The van der Waals surface area contributed by atoms with Crippen molar-refractivity contribution in [2.45, 2.75) is 45.2 Å². The molecule has 0 amide bonds. The van der Waals surface area contributed by atoms with Crippen LogP contribution in [0.5, 0.6) is 5.75 Å². The van der Waals surface area contributed by atoms with Gasteiger partial charge in [-0.05, 0) is 31.4 Å². The highest BCUT2D eigenvalue weighted by atomic mass is 16.5. The molecule has 0 saturated carbocycles. The first-order valence-corrected chi connectivity index (χ1v) is 6.55. The lowest BCUT2D eigenvalue weighted by atomic mass is 10.0. The maximum Gasteiger partial charge on any atom is 0.122 e. The van der Waals surface area contributed by atoms with E-state index < -0.39 is 0 Å². The second-order valence-electron chi connectivity index (χ2n) is 4.59. The fraction of sp³-hybridized carbons (Fsp3) is 0.500. The molecular formula is C16H23NO. The van der Waals surface area contributed by atoms with Gasteiger partial charge >= 0.3 is 0 Å². The summed E-state index contributed by atoms with van der Waals surface area (Å²) in [7, 11) is 1.71. The highest BCUT2D eigenvalue weighted by Crippen LogP contribution is 2.19. The molecule has 0 bridgehead atoms. The van der Waals surface area contributed by atoms with Crippen molar-refractivity contribution in [3.05, 3.63) is 29.8 Å². The van der Waals surface area contributed by atoms with E-state index in [1.54, 1.807) is 7.11 Å². The van der Waals surface area contributed by atoms with Gasteiger partial charge in [0, 0.05) is 6.04 Å². The number of hydrogen-bond acceptors (Lipinski definition) is 2. The third kappa shape index (κ3) is 4.43. The molecule has 0 radical (unpaired) electrons. The number of hydrogen-bond donors (Lipinski definition) is 1. The van der Waals surface area contributed by atoms with Crippen molar-refractivity contribution in [3.63, 3.8) is 0 Å². The van der Waals surface area contributed by atoms with Crippen molar-refractivity contribution < 1.29 is 4.74 Å². The predicted molar refractivity (Wildman–Crippen MR) is 76.8 cm³/mol. The largest absolute Gasteiger partial charge is 0.496 e. The fourth-order valence-corrected chi connectivity index (χ4v) is 2.11. The average Bonchev–Trinajstić information content (AvgIpc) is 2.38. The van der Waals surface area contributed by atoms with Crippen molar-refractivity contribution in [1.82, 2.24) is 5.32 Å². The molecule has 0 heterocycles. The summed E-state index contributed by atoms with van der Waals surface area (Å²) in [6.07, 6.45) is 8.56. The lowest BCUT2D eigenvalue weighted by Crippen LogP contribution is -2.36. The van der Waals surface area contributed by atoms with Crippen molar-refractivity contribution in [1.29, 1.82) is 0 Å². The van der Waals surface area contributed by atoms with Crippen LogP contribution >= 0.6 is 0 Å². The van der Waals surface area contributed by atoms with E-state index in [-0.39, 0.29) is 6.04 Å². The number of nitrogens with one attached hydrogen (secondary N) is 1. The maximum absolute atomic E-state index is 5.52. The Balaban J connectivity index is 2.58. The zero-order valence-electron chi connectivity index (χ0n) is 11.6. The number of rotatable bonds is 7. The van der Waals surface area contributed by atoms with Crippen LogP contribution in [0, 0.1) is 12.3 Å². The number of benzene rings is 1. The molecule has 1 rings (SSSR count). The van der Waals surface area contributed by atoms with Crippen LogP contribution in [0.3, 0.4) is 0 Å². The van der Waals surface area contributed by atoms with Crippen LogP contribution in [0.4, 0.5) is 0 Å². The van der Waals surface area contributed by atoms with Gasteiger partial charge in [-0.2, -0.15) is 0 Å². The van der Waals surface area contributed by atoms with Gasteiger partial charge in [-0.3, -0.25) is 0 Å². The van der Waals surface area contributed by atoms with Crippen LogP contribution in [-0.4, -0.2) is 19.2 Å². The first kappa shape index (κ1) is 14.6. The number of terminal acetylenes is 1. The molecule has 2 unspecified atom stereocenters. The molecule has 0 aliphatic rings. The first-order valence-electron chi connectivity index (χ1n) is 6.55. The van der Waals surface area contributed by atoms with E-state index in [0.717, 1.165) is 25.0 Å². The third-order valence-electron chi connectivity index (χ3n) is 2.98. The zero-order chi connectivity index (χ0) is 13.4. The Morgan fingerprint density at radius 2 is 2.11 bits per heavy atom. The van der Waals surface area contributed by atoms with Crippen molar-refractivity contribution in [2.75, 3.05) is 7.11 Å². The molecule has 98 valence electrons. The van der Waals surface area contributed by atoms with Gasteiger partial charge in [0.1, 0.15) is 5.75 Å². The van der Waals surface area contributed by atoms with Gasteiger partial charge in [0.05, 0.1) is 13.2 Å². The monoisotopic (exact) mass is 245 g/mol. The highest BCUT2D eigenvalue weighted by molar-refractivity contribution is 5.33. The predicted octanol–water partition coefficient (Wildman–Crippen LogP) is 3.02. The molecule has 0 fully saturated rings. The molecule has 18 heavy (non-hydrogen) atoms. The van der Waals surface area contributed by atoms with Gasteiger partial charge in [-0.1, -0.05) is 37.5 Å². The second kappa shape index (κ2) is 7.79. The van der Waals surface area contributed by atoms with Crippen LogP contribution in [0.2, 0.25) is 0 Å². The zero-order valence-corrected chi connectivity index (χ0v) is 11.6. The number of para-hydroxylation sites is 1. The lowest BCUT2D eigenvalue weighted by molar-refractivity contribution is 0.403. The molecule has 0 aliphatic heterocycles. The van der Waals surface area contributed by atoms with Gasteiger partial charge in [-0.25, -0.2) is 0 Å². The van der Waals surface area contributed by atoms with E-state index >= 15 is 0 Å². The Hall–Kier alpha value is -1.46. The van der Waals surface area contributed by atoms with Crippen LogP contribution in [0.25, 0.3) is 0 Å². The first-order chi connectivity index (χ1) is 8.71. The topological polar surface area (TPSA) is 21.3 Å². The molecule has 2 heteroatoms. The molecular weight excluding hydrogens is 222 g/mol. The maximum atomic E-state index is 5.52. The Bertz CT molecular complexity index is 394. The van der Waals surface area contributed by atoms with E-state index in [1.165, 1.54) is 5.56 Å². The van der Waals surface area contributed by atoms with Crippen molar-refractivity contribution in [2.24, 2.45) is 0 Å². The molecule has 0 aromatic heterocycles. The SMILES string of the molecule is C#CC(CCC)NC(C)Cc1ccccc1OC. The second-order valence-corrected chi connectivity index (χ2v) is 4.59. The average molecular weight is 245 g/mol. The molecule has 0 aliphatic carbocycles. The van der Waals surface area contributed by atoms with Gasteiger partial charge in [-0.15, -0.1) is 6.42 Å². The summed E-state index contributed by atoms with van der Waals surface area (Å²) in [5.41, 5.74) is 1.22. The summed E-state index contributed by atoms with van der Waals surface area (Å²) >= 11 is 0. The smallest absolute Gasteiger partial charge is 0.122 e. The van der Waals surface area contributed by atoms with Crippen LogP contribution in [0.15, 0.2) is 24.3 Å². The number of ether oxygens (including phenoxy) is 1. The van der Waals surface area contributed by atoms with E-state index in [9.17, 15) is 0 Å². The van der Waals surface area contributed by atoms with E-state index in [2.05, 4.69) is 31.2 Å². The minimum Gasteiger partial charge on any atom is -0.496 e.